The Bertz CT molecular complexity index is 790. The Morgan fingerprint density at radius 1 is 1.16 bits per heavy atom. The maximum Gasteiger partial charge on any atom is 0.418 e. The van der Waals surface area contributed by atoms with Crippen LogP contribution in [0.15, 0.2) is 36.4 Å². The number of carbonyl (C=O) groups excluding carboxylic acids is 1. The Hall–Kier alpha value is -2.21. The molecule has 3 nitrogen and oxygen atoms in total. The maximum absolute atomic E-state index is 13.1. The third kappa shape index (κ3) is 4.89. The first-order chi connectivity index (χ1) is 11.6. The number of halogens is 4. The van der Waals surface area contributed by atoms with Crippen LogP contribution in [0.5, 0.6) is 5.75 Å². The minimum atomic E-state index is -4.63. The van der Waals surface area contributed by atoms with Crippen LogP contribution in [0.1, 0.15) is 23.6 Å². The van der Waals surface area contributed by atoms with Crippen molar-refractivity contribution in [1.82, 2.24) is 0 Å². The summed E-state index contributed by atoms with van der Waals surface area (Å²) in [5, 5.41) is 2.19. The van der Waals surface area contributed by atoms with Crippen molar-refractivity contribution in [3.8, 4) is 5.75 Å². The fourth-order valence-corrected chi connectivity index (χ4v) is 2.44. The molecule has 0 saturated heterocycles. The third-order valence-corrected chi connectivity index (χ3v) is 3.78. The molecule has 0 heterocycles. The highest BCUT2D eigenvalue weighted by atomic mass is 35.5. The van der Waals surface area contributed by atoms with Gasteiger partial charge in [-0.1, -0.05) is 29.3 Å². The number of rotatable bonds is 4. The van der Waals surface area contributed by atoms with Gasteiger partial charge in [-0.15, -0.1) is 0 Å². The van der Waals surface area contributed by atoms with Gasteiger partial charge in [0.05, 0.1) is 11.3 Å². The number of hydrogen-bond donors (Lipinski definition) is 1. The SMILES string of the molecule is Cc1ccc(O[C@H](C)C(=O)Nc2ccc(Cl)cc2C(F)(F)F)c(C)c1. The molecule has 0 fully saturated rings. The maximum atomic E-state index is 13.1. The first-order valence-electron chi connectivity index (χ1n) is 7.49. The lowest BCUT2D eigenvalue weighted by molar-refractivity contribution is -0.137. The monoisotopic (exact) mass is 371 g/mol. The van der Waals surface area contributed by atoms with E-state index in [-0.39, 0.29) is 10.7 Å². The fraction of sp³-hybridized carbons (Fsp3) is 0.278. The molecule has 134 valence electrons. The van der Waals surface area contributed by atoms with E-state index in [1.54, 1.807) is 6.07 Å². The van der Waals surface area contributed by atoms with E-state index in [9.17, 15) is 18.0 Å². The Morgan fingerprint density at radius 2 is 1.84 bits per heavy atom. The third-order valence-electron chi connectivity index (χ3n) is 3.55. The van der Waals surface area contributed by atoms with E-state index in [1.165, 1.54) is 13.0 Å². The standard InChI is InChI=1S/C18H17ClF3NO2/c1-10-4-7-16(11(2)8-10)25-12(3)17(24)23-15-6-5-13(19)9-14(15)18(20,21)22/h4-9,12H,1-3H3,(H,23,24)/t12-/m1/s1. The highest BCUT2D eigenvalue weighted by Crippen LogP contribution is 2.36. The van der Waals surface area contributed by atoms with Crippen molar-refractivity contribution in [2.75, 3.05) is 5.32 Å². The molecule has 1 amide bonds. The highest BCUT2D eigenvalue weighted by molar-refractivity contribution is 6.30. The van der Waals surface area contributed by atoms with Crippen LogP contribution in [-0.2, 0) is 11.0 Å². The topological polar surface area (TPSA) is 38.3 Å². The summed E-state index contributed by atoms with van der Waals surface area (Å²) < 4.78 is 44.8. The fourth-order valence-electron chi connectivity index (χ4n) is 2.27. The van der Waals surface area contributed by atoms with Gasteiger partial charge in [0.2, 0.25) is 0 Å². The van der Waals surface area contributed by atoms with Crippen LogP contribution in [0.4, 0.5) is 18.9 Å². The summed E-state index contributed by atoms with van der Waals surface area (Å²) in [6.45, 7) is 5.22. The number of nitrogens with one attached hydrogen (secondary N) is 1. The summed E-state index contributed by atoms with van der Waals surface area (Å²) in [5.74, 6) is -0.187. The van der Waals surface area contributed by atoms with E-state index < -0.39 is 23.8 Å². The molecule has 1 N–H and O–H groups in total. The second-order valence-electron chi connectivity index (χ2n) is 5.71. The number of hydrogen-bond acceptors (Lipinski definition) is 2. The van der Waals surface area contributed by atoms with Gasteiger partial charge in [0.15, 0.2) is 6.10 Å². The Labute approximate surface area is 148 Å². The predicted octanol–water partition coefficient (Wildman–Crippen LogP) is 5.38. The first-order valence-corrected chi connectivity index (χ1v) is 7.87. The largest absolute Gasteiger partial charge is 0.481 e. The molecule has 2 aromatic carbocycles. The average molecular weight is 372 g/mol. The summed E-state index contributed by atoms with van der Waals surface area (Å²) in [6, 6.07) is 8.61. The van der Waals surface area contributed by atoms with Crippen LogP contribution < -0.4 is 10.1 Å². The molecule has 7 heteroatoms. The Morgan fingerprint density at radius 3 is 2.44 bits per heavy atom. The summed E-state index contributed by atoms with van der Waals surface area (Å²) in [5.41, 5.74) is 0.505. The molecule has 0 aromatic heterocycles. The molecule has 0 radical (unpaired) electrons. The number of ether oxygens (including phenoxy) is 1. The van der Waals surface area contributed by atoms with Crippen molar-refractivity contribution in [2.45, 2.75) is 33.1 Å². The first kappa shape index (κ1) is 19.1. The lowest BCUT2D eigenvalue weighted by atomic mass is 10.1. The zero-order valence-electron chi connectivity index (χ0n) is 13.9. The molecule has 0 aliphatic rings. The molecule has 25 heavy (non-hydrogen) atoms. The molecule has 0 saturated carbocycles. The van der Waals surface area contributed by atoms with E-state index in [0.29, 0.717) is 5.75 Å². The number of anilines is 1. The van der Waals surface area contributed by atoms with Gasteiger partial charge >= 0.3 is 6.18 Å². The summed E-state index contributed by atoms with van der Waals surface area (Å²) in [6.07, 6.45) is -5.61. The summed E-state index contributed by atoms with van der Waals surface area (Å²) in [4.78, 5) is 12.2. The predicted molar refractivity (Wildman–Crippen MR) is 91.1 cm³/mol. The van der Waals surface area contributed by atoms with Gasteiger partial charge in [0, 0.05) is 5.02 Å². The van der Waals surface area contributed by atoms with Gasteiger partial charge in [-0.2, -0.15) is 13.2 Å². The van der Waals surface area contributed by atoms with Crippen LogP contribution in [0.2, 0.25) is 5.02 Å². The smallest absolute Gasteiger partial charge is 0.418 e. The van der Waals surface area contributed by atoms with Crippen LogP contribution in [0, 0.1) is 13.8 Å². The van der Waals surface area contributed by atoms with E-state index in [2.05, 4.69) is 5.32 Å². The number of carbonyl (C=O) groups is 1. The highest BCUT2D eigenvalue weighted by Gasteiger charge is 2.34. The normalized spacial score (nSPS) is 12.6. The van der Waals surface area contributed by atoms with Crippen molar-refractivity contribution < 1.29 is 22.7 Å². The van der Waals surface area contributed by atoms with Crippen LogP contribution in [0.25, 0.3) is 0 Å². The van der Waals surface area contributed by atoms with Gasteiger partial charge in [0.25, 0.3) is 5.91 Å². The van der Waals surface area contributed by atoms with Crippen LogP contribution in [-0.4, -0.2) is 12.0 Å². The van der Waals surface area contributed by atoms with Crippen molar-refractivity contribution in [1.29, 1.82) is 0 Å². The van der Waals surface area contributed by atoms with Gasteiger partial charge in [0.1, 0.15) is 5.75 Å². The van der Waals surface area contributed by atoms with Gasteiger partial charge in [-0.05, 0) is 50.6 Å². The Balaban J connectivity index is 2.16. The van der Waals surface area contributed by atoms with Crippen LogP contribution >= 0.6 is 11.6 Å². The minimum Gasteiger partial charge on any atom is -0.481 e. The lowest BCUT2D eigenvalue weighted by Gasteiger charge is -2.18. The van der Waals surface area contributed by atoms with Gasteiger partial charge in [-0.25, -0.2) is 0 Å². The number of benzene rings is 2. The quantitative estimate of drug-likeness (QED) is 0.783. The molecule has 0 spiro atoms. The number of aryl methyl sites for hydroxylation is 2. The van der Waals surface area contributed by atoms with Crippen molar-refractivity contribution in [3.05, 3.63) is 58.1 Å². The number of amides is 1. The van der Waals surface area contributed by atoms with E-state index in [4.69, 9.17) is 16.3 Å². The van der Waals surface area contributed by atoms with Gasteiger partial charge < -0.3 is 10.1 Å². The zero-order chi connectivity index (χ0) is 18.8. The molecule has 2 aromatic rings. The molecule has 0 unspecified atom stereocenters. The summed E-state index contributed by atoms with van der Waals surface area (Å²) in [7, 11) is 0. The van der Waals surface area contributed by atoms with Crippen molar-refractivity contribution in [2.24, 2.45) is 0 Å². The molecule has 1 atom stereocenters. The molecule has 2 rings (SSSR count). The molecular formula is C18H17ClF3NO2. The lowest BCUT2D eigenvalue weighted by Crippen LogP contribution is -2.31. The molecule has 0 aliphatic carbocycles. The van der Waals surface area contributed by atoms with Crippen molar-refractivity contribution in [3.63, 3.8) is 0 Å². The van der Waals surface area contributed by atoms with E-state index in [0.717, 1.165) is 23.3 Å². The second kappa shape index (κ2) is 7.35. The molecule has 0 bridgehead atoms. The summed E-state index contributed by atoms with van der Waals surface area (Å²) >= 11 is 5.62. The van der Waals surface area contributed by atoms with E-state index in [1.807, 2.05) is 26.0 Å². The zero-order valence-corrected chi connectivity index (χ0v) is 14.6. The average Bonchev–Trinajstić information content (AvgIpc) is 2.50. The number of alkyl halides is 3. The Kier molecular flexibility index (Phi) is 5.62. The van der Waals surface area contributed by atoms with Crippen LogP contribution in [0.3, 0.4) is 0 Å². The van der Waals surface area contributed by atoms with E-state index >= 15 is 0 Å². The van der Waals surface area contributed by atoms with Gasteiger partial charge in [-0.3, -0.25) is 4.79 Å². The molecule has 0 aliphatic heterocycles. The van der Waals surface area contributed by atoms with Crippen molar-refractivity contribution >= 4 is 23.2 Å². The minimum absolute atomic E-state index is 0.0649. The second-order valence-corrected chi connectivity index (χ2v) is 6.14. The molecular weight excluding hydrogens is 355 g/mol.